The molecule has 1 saturated heterocycles. The van der Waals surface area contributed by atoms with E-state index >= 15 is 0 Å². The number of halogens is 1. The summed E-state index contributed by atoms with van der Waals surface area (Å²) in [5, 5.41) is 3.91. The fraction of sp³-hybridized carbons (Fsp3) is 0.550. The first-order valence-electron chi connectivity index (χ1n) is 9.98. The largest absolute Gasteiger partial charge is 0.491 e. The van der Waals surface area contributed by atoms with Gasteiger partial charge in [0.05, 0.1) is 0 Å². The van der Waals surface area contributed by atoms with Gasteiger partial charge in [0.25, 0.3) is 5.56 Å². The summed E-state index contributed by atoms with van der Waals surface area (Å²) in [5.74, 6) is 0.699. The molecule has 0 radical (unpaired) electrons. The SMILES string of the molecule is Cn1c(=O)cnn(CCCCN2CCN(c3cccc(OCCF)c3)CC2)c1=O. The molecule has 8 nitrogen and oxygen atoms in total. The molecule has 3 rings (SSSR count). The van der Waals surface area contributed by atoms with Crippen molar-refractivity contribution < 1.29 is 9.13 Å². The van der Waals surface area contributed by atoms with Crippen molar-refractivity contribution in [2.75, 3.05) is 50.9 Å². The van der Waals surface area contributed by atoms with E-state index in [-0.39, 0.29) is 17.9 Å². The molecule has 1 aliphatic heterocycles. The minimum atomic E-state index is -0.490. The molecule has 1 aromatic carbocycles. The van der Waals surface area contributed by atoms with Crippen molar-refractivity contribution in [3.05, 3.63) is 51.3 Å². The molecule has 0 amide bonds. The van der Waals surface area contributed by atoms with Gasteiger partial charge in [-0.05, 0) is 31.5 Å². The van der Waals surface area contributed by atoms with Crippen LogP contribution in [-0.4, -0.2) is 65.3 Å². The lowest BCUT2D eigenvalue weighted by Crippen LogP contribution is -2.46. The van der Waals surface area contributed by atoms with E-state index in [4.69, 9.17) is 4.74 Å². The summed E-state index contributed by atoms with van der Waals surface area (Å²) in [4.78, 5) is 28.1. The second-order valence-electron chi connectivity index (χ2n) is 7.12. The summed E-state index contributed by atoms with van der Waals surface area (Å²) in [6.07, 6.45) is 2.97. The molecule has 9 heteroatoms. The van der Waals surface area contributed by atoms with Gasteiger partial charge in [0, 0.05) is 51.5 Å². The highest BCUT2D eigenvalue weighted by Crippen LogP contribution is 2.22. The summed E-state index contributed by atoms with van der Waals surface area (Å²) in [6, 6.07) is 7.80. The van der Waals surface area contributed by atoms with Crippen LogP contribution in [0, 0.1) is 0 Å². The molecule has 29 heavy (non-hydrogen) atoms. The maximum Gasteiger partial charge on any atom is 0.347 e. The summed E-state index contributed by atoms with van der Waals surface area (Å²) in [7, 11) is 1.46. The number of piperazine rings is 1. The molecule has 0 spiro atoms. The Balaban J connectivity index is 1.41. The molecule has 0 aliphatic carbocycles. The van der Waals surface area contributed by atoms with Gasteiger partial charge < -0.3 is 9.64 Å². The lowest BCUT2D eigenvalue weighted by atomic mass is 10.2. The van der Waals surface area contributed by atoms with Crippen LogP contribution in [0.2, 0.25) is 0 Å². The Bertz CT molecular complexity index is 905. The molecule has 2 aromatic rings. The minimum Gasteiger partial charge on any atom is -0.491 e. The summed E-state index contributed by atoms with van der Waals surface area (Å²) in [5.41, 5.74) is 0.341. The Morgan fingerprint density at radius 2 is 1.86 bits per heavy atom. The van der Waals surface area contributed by atoms with Crippen LogP contribution in [0.15, 0.2) is 40.1 Å². The van der Waals surface area contributed by atoms with Crippen molar-refractivity contribution >= 4 is 5.69 Å². The first kappa shape index (κ1) is 21.0. The Labute approximate surface area is 169 Å². The number of benzene rings is 1. The van der Waals surface area contributed by atoms with Gasteiger partial charge >= 0.3 is 5.69 Å². The second-order valence-corrected chi connectivity index (χ2v) is 7.12. The summed E-state index contributed by atoms with van der Waals surface area (Å²) < 4.78 is 20.1. The average molecular weight is 405 g/mol. The van der Waals surface area contributed by atoms with Gasteiger partial charge in [0.1, 0.15) is 25.2 Å². The van der Waals surface area contributed by atoms with Gasteiger partial charge in [0.2, 0.25) is 0 Å². The third-order valence-corrected chi connectivity index (χ3v) is 5.14. The van der Waals surface area contributed by atoms with Gasteiger partial charge in [0.15, 0.2) is 0 Å². The van der Waals surface area contributed by atoms with E-state index < -0.39 is 6.67 Å². The number of aryl methyl sites for hydroxylation is 1. The zero-order valence-corrected chi connectivity index (χ0v) is 16.8. The standard InChI is InChI=1S/C20H28FN5O3/c1-23-19(27)16-22-26(20(23)28)9-3-2-8-24-10-12-25(13-11-24)17-5-4-6-18(15-17)29-14-7-21/h4-6,15-16H,2-3,7-14H2,1H3. The van der Waals surface area contributed by atoms with E-state index in [1.807, 2.05) is 18.2 Å². The molecule has 158 valence electrons. The lowest BCUT2D eigenvalue weighted by molar-refractivity contribution is 0.250. The molecule has 1 aliphatic rings. The van der Waals surface area contributed by atoms with Crippen LogP contribution < -0.4 is 20.9 Å². The first-order chi connectivity index (χ1) is 14.1. The zero-order chi connectivity index (χ0) is 20.6. The molecule has 1 aromatic heterocycles. The number of rotatable bonds is 9. The smallest absolute Gasteiger partial charge is 0.347 e. The highest BCUT2D eigenvalue weighted by atomic mass is 19.1. The second kappa shape index (κ2) is 10.2. The molecule has 2 heterocycles. The van der Waals surface area contributed by atoms with Gasteiger partial charge in [-0.25, -0.2) is 13.9 Å². The van der Waals surface area contributed by atoms with Crippen LogP contribution in [0.5, 0.6) is 5.75 Å². The topological polar surface area (TPSA) is 72.6 Å². The maximum atomic E-state index is 12.3. The van der Waals surface area contributed by atoms with Crippen molar-refractivity contribution in [3.63, 3.8) is 0 Å². The average Bonchev–Trinajstić information content (AvgIpc) is 2.75. The number of alkyl halides is 1. The zero-order valence-electron chi connectivity index (χ0n) is 16.8. The fourth-order valence-electron chi connectivity index (χ4n) is 3.43. The molecular weight excluding hydrogens is 377 g/mol. The van der Waals surface area contributed by atoms with Crippen LogP contribution in [0.25, 0.3) is 0 Å². The van der Waals surface area contributed by atoms with E-state index in [9.17, 15) is 14.0 Å². The Morgan fingerprint density at radius 1 is 1.10 bits per heavy atom. The molecule has 1 fully saturated rings. The fourth-order valence-corrected chi connectivity index (χ4v) is 3.43. The number of hydrogen-bond acceptors (Lipinski definition) is 6. The van der Waals surface area contributed by atoms with Gasteiger partial charge in [-0.1, -0.05) is 6.07 Å². The van der Waals surface area contributed by atoms with E-state index in [1.54, 1.807) is 0 Å². The van der Waals surface area contributed by atoms with Crippen LogP contribution in [-0.2, 0) is 13.6 Å². The molecule has 0 bridgehead atoms. The Kier molecular flexibility index (Phi) is 7.40. The number of nitrogens with zero attached hydrogens (tertiary/aromatic N) is 5. The Morgan fingerprint density at radius 3 is 2.62 bits per heavy atom. The number of unbranched alkanes of at least 4 members (excludes halogenated alkanes) is 1. The van der Waals surface area contributed by atoms with Gasteiger partial charge in [-0.2, -0.15) is 5.10 Å². The van der Waals surface area contributed by atoms with Crippen molar-refractivity contribution in [2.45, 2.75) is 19.4 Å². The quantitative estimate of drug-likeness (QED) is 0.577. The third kappa shape index (κ3) is 5.66. The van der Waals surface area contributed by atoms with Crippen molar-refractivity contribution in [1.29, 1.82) is 0 Å². The molecule has 0 N–H and O–H groups in total. The molecular formula is C20H28FN5O3. The van der Waals surface area contributed by atoms with Gasteiger partial charge in [-0.3, -0.25) is 14.3 Å². The van der Waals surface area contributed by atoms with Gasteiger partial charge in [-0.15, -0.1) is 0 Å². The van der Waals surface area contributed by atoms with Crippen molar-refractivity contribution in [2.24, 2.45) is 7.05 Å². The highest BCUT2D eigenvalue weighted by Gasteiger charge is 2.17. The predicted octanol–water partition coefficient (Wildman–Crippen LogP) is 0.893. The van der Waals surface area contributed by atoms with Crippen molar-refractivity contribution in [1.82, 2.24) is 19.2 Å². The number of aromatic nitrogens is 3. The number of hydrogen-bond donors (Lipinski definition) is 0. The summed E-state index contributed by atoms with van der Waals surface area (Å²) >= 11 is 0. The third-order valence-electron chi connectivity index (χ3n) is 5.14. The normalized spacial score (nSPS) is 14.9. The monoisotopic (exact) mass is 405 g/mol. The van der Waals surface area contributed by atoms with E-state index in [1.165, 1.54) is 17.9 Å². The number of ether oxygens (including phenoxy) is 1. The maximum absolute atomic E-state index is 12.3. The lowest BCUT2D eigenvalue weighted by Gasteiger charge is -2.36. The van der Waals surface area contributed by atoms with Crippen LogP contribution in [0.1, 0.15) is 12.8 Å². The van der Waals surface area contributed by atoms with E-state index in [2.05, 4.69) is 21.0 Å². The van der Waals surface area contributed by atoms with Crippen molar-refractivity contribution in [3.8, 4) is 5.75 Å². The van der Waals surface area contributed by atoms with E-state index in [0.29, 0.717) is 12.3 Å². The van der Waals surface area contributed by atoms with Crippen LogP contribution in [0.4, 0.5) is 10.1 Å². The molecule has 0 atom stereocenters. The molecule has 0 saturated carbocycles. The van der Waals surface area contributed by atoms with Crippen LogP contribution in [0.3, 0.4) is 0 Å². The highest BCUT2D eigenvalue weighted by molar-refractivity contribution is 5.51. The predicted molar refractivity (Wildman–Crippen MR) is 110 cm³/mol. The summed E-state index contributed by atoms with van der Waals surface area (Å²) in [6.45, 7) is 4.85. The molecule has 0 unspecified atom stereocenters. The number of anilines is 1. The van der Waals surface area contributed by atoms with E-state index in [0.717, 1.165) is 55.8 Å². The Hall–Kier alpha value is -2.68. The first-order valence-corrected chi connectivity index (χ1v) is 9.98. The minimum absolute atomic E-state index is 0.0815. The van der Waals surface area contributed by atoms with Crippen LogP contribution >= 0.6 is 0 Å².